The number of likely N-dealkylation sites (tertiary alicyclic amines) is 1. The molecule has 2 rings (SSSR count). The van der Waals surface area contributed by atoms with Crippen LogP contribution in [0.2, 0.25) is 4.34 Å². The fraction of sp³-hybridized carbons (Fsp3) is 0.571. The first-order chi connectivity index (χ1) is 9.28. The van der Waals surface area contributed by atoms with Crippen LogP contribution in [-0.4, -0.2) is 35.0 Å². The summed E-state index contributed by atoms with van der Waals surface area (Å²) in [6.07, 6.45) is 1.07. The van der Waals surface area contributed by atoms with Crippen LogP contribution in [0.4, 0.5) is 4.79 Å². The highest BCUT2D eigenvalue weighted by molar-refractivity contribution is 7.18. The van der Waals surface area contributed by atoms with Crippen LogP contribution in [0.25, 0.3) is 0 Å². The number of ketones is 1. The average molecular weight is 316 g/mol. The number of Topliss-reactive ketones (excluding diaryl/α,β-unsaturated/α-hetero) is 1. The molecule has 0 bridgehead atoms. The lowest BCUT2D eigenvalue weighted by atomic mass is 10.1. The van der Waals surface area contributed by atoms with Crippen LogP contribution < -0.4 is 0 Å². The fourth-order valence-electron chi connectivity index (χ4n) is 2.19. The Bertz CT molecular complexity index is 521. The molecule has 0 saturated carbocycles. The molecular weight excluding hydrogens is 298 g/mol. The minimum Gasteiger partial charge on any atom is -0.444 e. The molecule has 1 saturated heterocycles. The molecule has 0 aromatic carbocycles. The van der Waals surface area contributed by atoms with Crippen LogP contribution in [0.3, 0.4) is 0 Å². The Morgan fingerprint density at radius 3 is 2.65 bits per heavy atom. The summed E-state index contributed by atoms with van der Waals surface area (Å²) in [6, 6.07) is 2.98. The van der Waals surface area contributed by atoms with E-state index in [4.69, 9.17) is 16.3 Å². The van der Waals surface area contributed by atoms with E-state index in [9.17, 15) is 9.59 Å². The second-order valence-corrected chi connectivity index (χ2v) is 7.51. The van der Waals surface area contributed by atoms with Crippen LogP contribution in [0.15, 0.2) is 12.1 Å². The van der Waals surface area contributed by atoms with Gasteiger partial charge in [0, 0.05) is 6.54 Å². The van der Waals surface area contributed by atoms with Crippen molar-refractivity contribution in [1.82, 2.24) is 4.90 Å². The highest BCUT2D eigenvalue weighted by atomic mass is 35.5. The van der Waals surface area contributed by atoms with Crippen molar-refractivity contribution < 1.29 is 14.3 Å². The van der Waals surface area contributed by atoms with Crippen LogP contribution in [0.5, 0.6) is 0 Å². The van der Waals surface area contributed by atoms with Gasteiger partial charge in [0.25, 0.3) is 0 Å². The van der Waals surface area contributed by atoms with Gasteiger partial charge in [-0.15, -0.1) is 11.3 Å². The third-order valence-electron chi connectivity index (χ3n) is 3.00. The maximum Gasteiger partial charge on any atom is 0.410 e. The Morgan fingerprint density at radius 2 is 2.10 bits per heavy atom. The predicted molar refractivity (Wildman–Crippen MR) is 79.6 cm³/mol. The van der Waals surface area contributed by atoms with Crippen molar-refractivity contribution in [2.24, 2.45) is 0 Å². The van der Waals surface area contributed by atoms with E-state index < -0.39 is 17.7 Å². The van der Waals surface area contributed by atoms with Crippen LogP contribution in [0, 0.1) is 0 Å². The van der Waals surface area contributed by atoms with E-state index in [1.165, 1.54) is 16.2 Å². The number of hydrogen-bond donors (Lipinski definition) is 0. The molecule has 4 nitrogen and oxygen atoms in total. The third-order valence-corrected chi connectivity index (χ3v) is 4.25. The molecule has 2 heterocycles. The second kappa shape index (κ2) is 5.74. The quantitative estimate of drug-likeness (QED) is 0.775. The van der Waals surface area contributed by atoms with E-state index in [-0.39, 0.29) is 5.78 Å². The zero-order valence-electron chi connectivity index (χ0n) is 11.8. The van der Waals surface area contributed by atoms with Crippen molar-refractivity contribution >= 4 is 34.8 Å². The highest BCUT2D eigenvalue weighted by Gasteiger charge is 2.37. The average Bonchev–Trinajstić information content (AvgIpc) is 2.93. The Morgan fingerprint density at radius 1 is 1.40 bits per heavy atom. The summed E-state index contributed by atoms with van der Waals surface area (Å²) in [5.41, 5.74) is -0.556. The molecule has 1 aliphatic rings. The van der Waals surface area contributed by atoms with E-state index in [0.29, 0.717) is 22.2 Å². The molecule has 20 heavy (non-hydrogen) atoms. The number of rotatable bonds is 2. The van der Waals surface area contributed by atoms with Crippen molar-refractivity contribution in [1.29, 1.82) is 0 Å². The van der Waals surface area contributed by atoms with Gasteiger partial charge in [-0.1, -0.05) is 11.6 Å². The smallest absolute Gasteiger partial charge is 0.410 e. The van der Waals surface area contributed by atoms with Gasteiger partial charge in [-0.2, -0.15) is 0 Å². The Balaban J connectivity index is 2.11. The molecule has 1 fully saturated rings. The Labute approximate surface area is 127 Å². The van der Waals surface area contributed by atoms with E-state index in [0.717, 1.165) is 6.42 Å². The second-order valence-electron chi connectivity index (χ2n) is 5.80. The summed E-state index contributed by atoms with van der Waals surface area (Å²) in [6.45, 7) is 6.01. The topological polar surface area (TPSA) is 46.6 Å². The summed E-state index contributed by atoms with van der Waals surface area (Å²) >= 11 is 7.10. The SMILES string of the molecule is CC(C)(C)OC(=O)N1CCC[C@H]1C(=O)c1ccc(Cl)s1. The van der Waals surface area contributed by atoms with Crippen molar-refractivity contribution in [3.05, 3.63) is 21.3 Å². The predicted octanol–water partition coefficient (Wildman–Crippen LogP) is 3.98. The van der Waals surface area contributed by atoms with Gasteiger partial charge in [0.15, 0.2) is 5.78 Å². The lowest BCUT2D eigenvalue weighted by Gasteiger charge is -2.27. The molecule has 1 aromatic rings. The third kappa shape index (κ3) is 3.52. The first kappa shape index (κ1) is 15.3. The molecular formula is C14H18ClNO3S. The van der Waals surface area contributed by atoms with Gasteiger partial charge >= 0.3 is 6.09 Å². The number of carbonyl (C=O) groups excluding carboxylic acids is 2. The molecule has 0 aliphatic carbocycles. The Hall–Kier alpha value is -1.07. The zero-order chi connectivity index (χ0) is 14.9. The standard InChI is InChI=1S/C14H18ClNO3S/c1-14(2,3)19-13(18)16-8-4-5-9(16)12(17)10-6-7-11(15)20-10/h6-7,9H,4-5,8H2,1-3H3/t9-/m0/s1. The number of hydrogen-bond acceptors (Lipinski definition) is 4. The number of nitrogens with zero attached hydrogens (tertiary/aromatic N) is 1. The summed E-state index contributed by atoms with van der Waals surface area (Å²) in [4.78, 5) is 26.7. The van der Waals surface area contributed by atoms with E-state index >= 15 is 0 Å². The minimum atomic E-state index is -0.556. The largest absolute Gasteiger partial charge is 0.444 e. The van der Waals surface area contributed by atoms with Gasteiger partial charge in [0.05, 0.1) is 15.3 Å². The molecule has 0 radical (unpaired) electrons. The molecule has 110 valence electrons. The molecule has 1 aromatic heterocycles. The first-order valence-corrected chi connectivity index (χ1v) is 7.76. The molecule has 1 aliphatic heterocycles. The highest BCUT2D eigenvalue weighted by Crippen LogP contribution is 2.28. The fourth-order valence-corrected chi connectivity index (χ4v) is 3.22. The van der Waals surface area contributed by atoms with Crippen molar-refractivity contribution in [3.63, 3.8) is 0 Å². The van der Waals surface area contributed by atoms with Crippen LogP contribution in [-0.2, 0) is 4.74 Å². The van der Waals surface area contributed by atoms with E-state index in [1.54, 1.807) is 12.1 Å². The molecule has 1 amide bonds. The number of ether oxygens (including phenoxy) is 1. The number of carbonyl (C=O) groups is 2. The first-order valence-electron chi connectivity index (χ1n) is 6.57. The lowest BCUT2D eigenvalue weighted by molar-refractivity contribution is 0.0223. The maximum absolute atomic E-state index is 12.4. The molecule has 0 N–H and O–H groups in total. The molecule has 0 unspecified atom stereocenters. The van der Waals surface area contributed by atoms with Crippen LogP contribution >= 0.6 is 22.9 Å². The normalized spacial score (nSPS) is 19.2. The number of amides is 1. The van der Waals surface area contributed by atoms with E-state index in [1.807, 2.05) is 20.8 Å². The van der Waals surface area contributed by atoms with Crippen molar-refractivity contribution in [3.8, 4) is 0 Å². The summed E-state index contributed by atoms with van der Waals surface area (Å²) < 4.78 is 5.93. The van der Waals surface area contributed by atoms with Gasteiger partial charge in [0.1, 0.15) is 5.60 Å². The van der Waals surface area contributed by atoms with E-state index in [2.05, 4.69) is 0 Å². The summed E-state index contributed by atoms with van der Waals surface area (Å²) in [7, 11) is 0. The summed E-state index contributed by atoms with van der Waals surface area (Å²) in [5, 5.41) is 0. The minimum absolute atomic E-state index is 0.0507. The number of thiophene rings is 1. The number of halogens is 1. The maximum atomic E-state index is 12.4. The van der Waals surface area contributed by atoms with Gasteiger partial charge in [0.2, 0.25) is 0 Å². The molecule has 1 atom stereocenters. The van der Waals surface area contributed by atoms with Gasteiger partial charge < -0.3 is 4.74 Å². The van der Waals surface area contributed by atoms with Gasteiger partial charge in [-0.3, -0.25) is 9.69 Å². The zero-order valence-corrected chi connectivity index (χ0v) is 13.4. The van der Waals surface area contributed by atoms with Crippen molar-refractivity contribution in [2.75, 3.05) is 6.54 Å². The van der Waals surface area contributed by atoms with Crippen LogP contribution in [0.1, 0.15) is 43.3 Å². The molecule has 0 spiro atoms. The van der Waals surface area contributed by atoms with Gasteiger partial charge in [-0.05, 0) is 45.7 Å². The van der Waals surface area contributed by atoms with Gasteiger partial charge in [-0.25, -0.2) is 4.79 Å². The summed E-state index contributed by atoms with van der Waals surface area (Å²) in [5.74, 6) is -0.0507. The monoisotopic (exact) mass is 315 g/mol. The van der Waals surface area contributed by atoms with Crippen molar-refractivity contribution in [2.45, 2.75) is 45.3 Å². The Kier molecular flexibility index (Phi) is 4.39. The molecule has 6 heteroatoms. The lowest BCUT2D eigenvalue weighted by Crippen LogP contribution is -2.43.